The zero-order valence-corrected chi connectivity index (χ0v) is 15.5. The number of nitriles is 1. The smallest absolute Gasteiger partial charge is 0.262 e. The molecule has 0 radical (unpaired) electrons. The van der Waals surface area contributed by atoms with Crippen LogP contribution in [0.2, 0.25) is 5.02 Å². The quantitative estimate of drug-likeness (QED) is 0.596. The molecule has 0 unspecified atom stereocenters. The maximum Gasteiger partial charge on any atom is 0.262 e. The lowest BCUT2D eigenvalue weighted by Crippen LogP contribution is -2.25. The topological polar surface area (TPSA) is 58.7 Å². The van der Waals surface area contributed by atoms with Gasteiger partial charge < -0.3 is 0 Å². The highest BCUT2D eigenvalue weighted by molar-refractivity contribution is 7.18. The van der Waals surface area contributed by atoms with Gasteiger partial charge >= 0.3 is 0 Å². The normalized spacial score (nSPS) is 10.9. The van der Waals surface area contributed by atoms with E-state index in [-0.39, 0.29) is 5.56 Å². The van der Waals surface area contributed by atoms with Crippen molar-refractivity contribution in [1.29, 1.82) is 5.26 Å². The number of nitrogens with zero attached hydrogens (tertiary/aromatic N) is 3. The zero-order chi connectivity index (χ0) is 17.8. The number of hydrogen-bond donors (Lipinski definition) is 0. The minimum atomic E-state index is -0.0177. The molecular formula is C19H18ClN3OS. The summed E-state index contributed by atoms with van der Waals surface area (Å²) in [5, 5.41) is 10.1. The van der Waals surface area contributed by atoms with Crippen molar-refractivity contribution in [3.05, 3.63) is 62.0 Å². The van der Waals surface area contributed by atoms with E-state index < -0.39 is 0 Å². The largest absolute Gasteiger partial charge is 0.296 e. The van der Waals surface area contributed by atoms with Gasteiger partial charge in [-0.3, -0.25) is 9.36 Å². The van der Waals surface area contributed by atoms with Gasteiger partial charge in [-0.25, -0.2) is 4.98 Å². The number of thiophene rings is 1. The van der Waals surface area contributed by atoms with Gasteiger partial charge in [-0.1, -0.05) is 30.7 Å². The van der Waals surface area contributed by atoms with Crippen molar-refractivity contribution in [1.82, 2.24) is 9.55 Å². The predicted molar refractivity (Wildman–Crippen MR) is 102 cm³/mol. The number of fused-ring (bicyclic) bond motifs is 1. The monoisotopic (exact) mass is 371 g/mol. The van der Waals surface area contributed by atoms with Crippen LogP contribution in [-0.4, -0.2) is 9.55 Å². The summed E-state index contributed by atoms with van der Waals surface area (Å²) >= 11 is 7.65. The van der Waals surface area contributed by atoms with E-state index in [1.54, 1.807) is 15.9 Å². The predicted octanol–water partition coefficient (Wildman–Crippen LogP) is 4.57. The standard InChI is InChI=1S/C19H18ClN3OS/c1-2-15-12-16-18(25-15)22-17(11-13-6-5-7-14(20)10-13)23(19(16)24)9-4-3-8-21/h5-7,10,12H,2-4,9,11H2,1H3. The van der Waals surface area contributed by atoms with E-state index in [0.717, 1.165) is 27.5 Å². The summed E-state index contributed by atoms with van der Waals surface area (Å²) in [6.45, 7) is 2.57. The molecule has 3 rings (SSSR count). The lowest BCUT2D eigenvalue weighted by Gasteiger charge is -2.12. The molecule has 0 bridgehead atoms. The summed E-state index contributed by atoms with van der Waals surface area (Å²) in [6.07, 6.45) is 2.48. The first kappa shape index (κ1) is 17.7. The molecule has 128 valence electrons. The van der Waals surface area contributed by atoms with Crippen molar-refractivity contribution in [2.75, 3.05) is 0 Å². The molecule has 0 N–H and O–H groups in total. The maximum atomic E-state index is 13.0. The van der Waals surface area contributed by atoms with Gasteiger partial charge in [0.15, 0.2) is 0 Å². The van der Waals surface area contributed by atoms with Crippen molar-refractivity contribution in [3.8, 4) is 6.07 Å². The highest BCUT2D eigenvalue weighted by Gasteiger charge is 2.14. The Morgan fingerprint density at radius 3 is 2.92 bits per heavy atom. The van der Waals surface area contributed by atoms with Crippen LogP contribution in [0.3, 0.4) is 0 Å². The van der Waals surface area contributed by atoms with Crippen LogP contribution < -0.4 is 5.56 Å². The Labute approximate surface area is 155 Å². The highest BCUT2D eigenvalue weighted by atomic mass is 35.5. The molecule has 0 saturated carbocycles. The molecule has 3 aromatic rings. The summed E-state index contributed by atoms with van der Waals surface area (Å²) in [4.78, 5) is 19.7. The summed E-state index contributed by atoms with van der Waals surface area (Å²) in [5.74, 6) is 0.724. The van der Waals surface area contributed by atoms with E-state index in [1.165, 1.54) is 0 Å². The van der Waals surface area contributed by atoms with Crippen LogP contribution in [0, 0.1) is 11.3 Å². The van der Waals surface area contributed by atoms with Crippen LogP contribution >= 0.6 is 22.9 Å². The maximum absolute atomic E-state index is 13.0. The average molecular weight is 372 g/mol. The van der Waals surface area contributed by atoms with Crippen molar-refractivity contribution < 1.29 is 0 Å². The second-order valence-corrected chi connectivity index (χ2v) is 7.39. The van der Waals surface area contributed by atoms with Gasteiger partial charge in [0.2, 0.25) is 0 Å². The van der Waals surface area contributed by atoms with Crippen LogP contribution in [0.25, 0.3) is 10.2 Å². The first-order chi connectivity index (χ1) is 12.1. The number of unbranched alkanes of at least 4 members (excludes halogenated alkanes) is 1. The third-order valence-corrected chi connectivity index (χ3v) is 5.46. The van der Waals surface area contributed by atoms with E-state index in [4.69, 9.17) is 21.8 Å². The summed E-state index contributed by atoms with van der Waals surface area (Å²) in [7, 11) is 0. The van der Waals surface area contributed by atoms with E-state index in [0.29, 0.717) is 36.2 Å². The minimum absolute atomic E-state index is 0.0177. The number of aryl methyl sites for hydroxylation is 1. The number of halogens is 1. The van der Waals surface area contributed by atoms with Gasteiger partial charge in [-0.2, -0.15) is 5.26 Å². The molecule has 0 atom stereocenters. The highest BCUT2D eigenvalue weighted by Crippen LogP contribution is 2.23. The van der Waals surface area contributed by atoms with Crippen molar-refractivity contribution in [2.45, 2.75) is 39.2 Å². The van der Waals surface area contributed by atoms with Crippen LogP contribution in [0.1, 0.15) is 36.0 Å². The molecule has 0 fully saturated rings. The van der Waals surface area contributed by atoms with Gasteiger partial charge in [0, 0.05) is 29.3 Å². The lowest BCUT2D eigenvalue weighted by atomic mass is 10.1. The van der Waals surface area contributed by atoms with Crippen LogP contribution in [-0.2, 0) is 19.4 Å². The molecule has 6 heteroatoms. The molecule has 0 aliphatic carbocycles. The number of hydrogen-bond acceptors (Lipinski definition) is 4. The van der Waals surface area contributed by atoms with Gasteiger partial charge in [0.25, 0.3) is 5.56 Å². The van der Waals surface area contributed by atoms with E-state index in [1.807, 2.05) is 30.3 Å². The molecule has 4 nitrogen and oxygen atoms in total. The molecule has 0 aliphatic rings. The van der Waals surface area contributed by atoms with Crippen molar-refractivity contribution >= 4 is 33.2 Å². The molecule has 0 aliphatic heterocycles. The summed E-state index contributed by atoms with van der Waals surface area (Å²) in [6, 6.07) is 11.7. The molecule has 1 aromatic carbocycles. The Bertz CT molecular complexity index is 1000. The van der Waals surface area contributed by atoms with Gasteiger partial charge in [-0.15, -0.1) is 11.3 Å². The molecule has 25 heavy (non-hydrogen) atoms. The van der Waals surface area contributed by atoms with Gasteiger partial charge in [-0.05, 0) is 36.6 Å². The SMILES string of the molecule is CCc1cc2c(=O)n(CCCC#N)c(Cc3cccc(Cl)c3)nc2s1. The van der Waals surface area contributed by atoms with E-state index >= 15 is 0 Å². The second kappa shape index (κ2) is 7.81. The molecule has 0 spiro atoms. The molecule has 0 saturated heterocycles. The van der Waals surface area contributed by atoms with Crippen LogP contribution in [0.4, 0.5) is 0 Å². The van der Waals surface area contributed by atoms with Crippen molar-refractivity contribution in [3.63, 3.8) is 0 Å². The molecular weight excluding hydrogens is 354 g/mol. The summed E-state index contributed by atoms with van der Waals surface area (Å²) in [5.41, 5.74) is 0.996. The fraction of sp³-hybridized carbons (Fsp3) is 0.316. The first-order valence-electron chi connectivity index (χ1n) is 8.26. The molecule has 2 heterocycles. The molecule has 2 aromatic heterocycles. The van der Waals surface area contributed by atoms with Crippen molar-refractivity contribution in [2.24, 2.45) is 0 Å². The number of benzene rings is 1. The fourth-order valence-corrected chi connectivity index (χ4v) is 3.98. The third kappa shape index (κ3) is 3.92. The first-order valence-corrected chi connectivity index (χ1v) is 9.45. The molecule has 0 amide bonds. The lowest BCUT2D eigenvalue weighted by molar-refractivity contribution is 0.598. The number of rotatable bonds is 6. The van der Waals surface area contributed by atoms with E-state index in [2.05, 4.69) is 13.0 Å². The van der Waals surface area contributed by atoms with Crippen LogP contribution in [0.15, 0.2) is 35.1 Å². The van der Waals surface area contributed by atoms with E-state index in [9.17, 15) is 4.79 Å². The Balaban J connectivity index is 2.08. The number of aromatic nitrogens is 2. The van der Waals surface area contributed by atoms with Gasteiger partial charge in [0.1, 0.15) is 10.7 Å². The zero-order valence-electron chi connectivity index (χ0n) is 14.0. The Hall–Kier alpha value is -2.16. The Kier molecular flexibility index (Phi) is 5.52. The second-order valence-electron chi connectivity index (χ2n) is 5.84. The van der Waals surface area contributed by atoms with Gasteiger partial charge in [0.05, 0.1) is 11.5 Å². The average Bonchev–Trinajstić information content (AvgIpc) is 3.01. The third-order valence-electron chi connectivity index (χ3n) is 4.05. The fourth-order valence-electron chi connectivity index (χ4n) is 2.79. The summed E-state index contributed by atoms with van der Waals surface area (Å²) < 4.78 is 1.72. The minimum Gasteiger partial charge on any atom is -0.296 e. The Morgan fingerprint density at radius 2 is 2.20 bits per heavy atom. The Morgan fingerprint density at radius 1 is 1.36 bits per heavy atom. The van der Waals surface area contributed by atoms with Crippen LogP contribution in [0.5, 0.6) is 0 Å².